The van der Waals surface area contributed by atoms with Gasteiger partial charge in [0.1, 0.15) is 5.75 Å². The zero-order valence-corrected chi connectivity index (χ0v) is 12.7. The van der Waals surface area contributed by atoms with Crippen molar-refractivity contribution in [1.82, 2.24) is 10.2 Å². The minimum atomic E-state index is -0.0151. The molecule has 5 heteroatoms. The topological polar surface area (TPSA) is 52.6 Å². The van der Waals surface area contributed by atoms with Crippen molar-refractivity contribution in [2.75, 3.05) is 13.1 Å². The van der Waals surface area contributed by atoms with Crippen LogP contribution in [0.1, 0.15) is 37.0 Å². The zero-order chi connectivity index (χ0) is 14.7. The third-order valence-corrected chi connectivity index (χ3v) is 4.22. The molecule has 2 atom stereocenters. The normalized spacial score (nSPS) is 22.9. The standard InChI is InChI=1S/C15H21ClN2O2/c1-3-11-9-18(12(4-2)8-17-11)15(20)10-5-6-14(19)13(16)7-10/h5-7,11-12,17,19H,3-4,8-9H2,1-2H3. The number of carbonyl (C=O) groups is 1. The van der Waals surface area contributed by atoms with Crippen molar-refractivity contribution in [2.24, 2.45) is 0 Å². The highest BCUT2D eigenvalue weighted by molar-refractivity contribution is 6.32. The monoisotopic (exact) mass is 296 g/mol. The molecule has 2 rings (SSSR count). The summed E-state index contributed by atoms with van der Waals surface area (Å²) in [5.41, 5.74) is 0.531. The van der Waals surface area contributed by atoms with E-state index in [9.17, 15) is 9.90 Å². The first-order valence-electron chi connectivity index (χ1n) is 7.09. The maximum absolute atomic E-state index is 12.7. The summed E-state index contributed by atoms with van der Waals surface area (Å²) in [5, 5.41) is 13.1. The Morgan fingerprint density at radius 3 is 2.80 bits per heavy atom. The van der Waals surface area contributed by atoms with Crippen LogP contribution in [0.4, 0.5) is 0 Å². The van der Waals surface area contributed by atoms with Gasteiger partial charge >= 0.3 is 0 Å². The van der Waals surface area contributed by atoms with E-state index in [2.05, 4.69) is 19.2 Å². The zero-order valence-electron chi connectivity index (χ0n) is 11.9. The lowest BCUT2D eigenvalue weighted by molar-refractivity contribution is 0.0576. The van der Waals surface area contributed by atoms with E-state index in [1.807, 2.05) is 4.90 Å². The Morgan fingerprint density at radius 2 is 2.20 bits per heavy atom. The molecule has 1 aromatic rings. The smallest absolute Gasteiger partial charge is 0.254 e. The van der Waals surface area contributed by atoms with Crippen molar-refractivity contribution in [1.29, 1.82) is 0 Å². The predicted octanol–water partition coefficient (Wildman–Crippen LogP) is 2.65. The SMILES string of the molecule is CCC1CN(C(=O)c2ccc(O)c(Cl)c2)C(CC)CN1. The number of phenols is 1. The number of hydrogen-bond donors (Lipinski definition) is 2. The molecule has 0 saturated carbocycles. The number of nitrogens with one attached hydrogen (secondary N) is 1. The maximum atomic E-state index is 12.7. The van der Waals surface area contributed by atoms with Crippen LogP contribution in [0.3, 0.4) is 0 Å². The summed E-state index contributed by atoms with van der Waals surface area (Å²) in [6.45, 7) is 5.74. The quantitative estimate of drug-likeness (QED) is 0.901. The van der Waals surface area contributed by atoms with Gasteiger partial charge in [0, 0.05) is 30.7 Å². The number of aromatic hydroxyl groups is 1. The van der Waals surface area contributed by atoms with Crippen LogP contribution >= 0.6 is 11.6 Å². The number of piperazine rings is 1. The van der Waals surface area contributed by atoms with E-state index >= 15 is 0 Å². The molecule has 0 spiro atoms. The van der Waals surface area contributed by atoms with Gasteiger partial charge in [-0.25, -0.2) is 0 Å². The van der Waals surface area contributed by atoms with Crippen LogP contribution in [0.25, 0.3) is 0 Å². The van der Waals surface area contributed by atoms with Gasteiger partial charge in [0.15, 0.2) is 0 Å². The first kappa shape index (κ1) is 15.1. The Labute approximate surface area is 124 Å². The van der Waals surface area contributed by atoms with Crippen molar-refractivity contribution in [2.45, 2.75) is 38.8 Å². The van der Waals surface area contributed by atoms with Crippen molar-refractivity contribution in [3.63, 3.8) is 0 Å². The van der Waals surface area contributed by atoms with Crippen molar-refractivity contribution in [3.8, 4) is 5.75 Å². The third-order valence-electron chi connectivity index (χ3n) is 3.92. The molecule has 1 aliphatic heterocycles. The number of benzene rings is 1. The van der Waals surface area contributed by atoms with Gasteiger partial charge in [-0.3, -0.25) is 4.79 Å². The molecule has 1 heterocycles. The molecule has 4 nitrogen and oxygen atoms in total. The fraction of sp³-hybridized carbons (Fsp3) is 0.533. The van der Waals surface area contributed by atoms with Gasteiger partial charge in [-0.2, -0.15) is 0 Å². The number of phenolic OH excluding ortho intramolecular Hbond substituents is 1. The largest absolute Gasteiger partial charge is 0.506 e. The molecule has 0 bridgehead atoms. The molecule has 2 unspecified atom stereocenters. The Bertz CT molecular complexity index is 493. The van der Waals surface area contributed by atoms with Crippen LogP contribution in [0, 0.1) is 0 Å². The molecule has 1 aliphatic rings. The lowest BCUT2D eigenvalue weighted by Gasteiger charge is -2.40. The highest BCUT2D eigenvalue weighted by Gasteiger charge is 2.30. The second-order valence-electron chi connectivity index (χ2n) is 5.20. The number of halogens is 1. The van der Waals surface area contributed by atoms with E-state index < -0.39 is 0 Å². The Morgan fingerprint density at radius 1 is 1.45 bits per heavy atom. The summed E-state index contributed by atoms with van der Waals surface area (Å²) in [7, 11) is 0. The molecule has 0 aliphatic carbocycles. The molecule has 1 fully saturated rings. The van der Waals surface area contributed by atoms with Crippen LogP contribution in [-0.2, 0) is 0 Å². The number of rotatable bonds is 3. The van der Waals surface area contributed by atoms with E-state index in [1.54, 1.807) is 6.07 Å². The predicted molar refractivity (Wildman–Crippen MR) is 80.3 cm³/mol. The lowest BCUT2D eigenvalue weighted by Crippen LogP contribution is -2.57. The molecule has 1 saturated heterocycles. The van der Waals surface area contributed by atoms with Crippen molar-refractivity contribution >= 4 is 17.5 Å². The highest BCUT2D eigenvalue weighted by atomic mass is 35.5. The Hall–Kier alpha value is -1.26. The van der Waals surface area contributed by atoms with Gasteiger partial charge in [0.25, 0.3) is 5.91 Å². The maximum Gasteiger partial charge on any atom is 0.254 e. The van der Waals surface area contributed by atoms with Gasteiger partial charge in [-0.05, 0) is 31.0 Å². The lowest BCUT2D eigenvalue weighted by atomic mass is 10.0. The van der Waals surface area contributed by atoms with Crippen LogP contribution in [0.2, 0.25) is 5.02 Å². The summed E-state index contributed by atoms with van der Waals surface area (Å²) in [4.78, 5) is 14.6. The van der Waals surface area contributed by atoms with Crippen molar-refractivity contribution in [3.05, 3.63) is 28.8 Å². The second-order valence-corrected chi connectivity index (χ2v) is 5.61. The number of carbonyl (C=O) groups excluding carboxylic acids is 1. The summed E-state index contributed by atoms with van der Waals surface area (Å²) < 4.78 is 0. The Balaban J connectivity index is 2.22. The summed E-state index contributed by atoms with van der Waals surface area (Å²) in [5.74, 6) is -0.0132. The molecule has 0 radical (unpaired) electrons. The van der Waals surface area contributed by atoms with Crippen LogP contribution in [-0.4, -0.2) is 41.1 Å². The van der Waals surface area contributed by atoms with Gasteiger partial charge in [0.05, 0.1) is 5.02 Å². The number of amides is 1. The minimum Gasteiger partial charge on any atom is -0.506 e. The summed E-state index contributed by atoms with van der Waals surface area (Å²) in [6, 6.07) is 5.18. The fourth-order valence-corrected chi connectivity index (χ4v) is 2.74. The van der Waals surface area contributed by atoms with E-state index in [4.69, 9.17) is 11.6 Å². The molecular weight excluding hydrogens is 276 g/mol. The van der Waals surface area contributed by atoms with E-state index in [0.717, 1.165) is 19.4 Å². The van der Waals surface area contributed by atoms with Gasteiger partial charge in [-0.1, -0.05) is 25.4 Å². The van der Waals surface area contributed by atoms with Crippen LogP contribution in [0.15, 0.2) is 18.2 Å². The van der Waals surface area contributed by atoms with E-state index in [-0.39, 0.29) is 22.7 Å². The second kappa shape index (κ2) is 6.46. The van der Waals surface area contributed by atoms with Gasteiger partial charge < -0.3 is 15.3 Å². The number of hydrogen-bond acceptors (Lipinski definition) is 3. The third kappa shape index (κ3) is 3.07. The van der Waals surface area contributed by atoms with Crippen LogP contribution < -0.4 is 5.32 Å². The first-order chi connectivity index (χ1) is 9.56. The first-order valence-corrected chi connectivity index (χ1v) is 7.47. The van der Waals surface area contributed by atoms with Gasteiger partial charge in [-0.15, -0.1) is 0 Å². The molecule has 2 N–H and O–H groups in total. The molecule has 1 amide bonds. The molecule has 0 aromatic heterocycles. The number of nitrogens with zero attached hydrogens (tertiary/aromatic N) is 1. The average molecular weight is 297 g/mol. The van der Waals surface area contributed by atoms with Crippen LogP contribution in [0.5, 0.6) is 5.75 Å². The summed E-state index contributed by atoms with van der Waals surface area (Å²) >= 11 is 5.89. The van der Waals surface area contributed by atoms with Gasteiger partial charge in [0.2, 0.25) is 0 Å². The molecule has 20 heavy (non-hydrogen) atoms. The average Bonchev–Trinajstić information content (AvgIpc) is 2.48. The summed E-state index contributed by atoms with van der Waals surface area (Å²) in [6.07, 6.45) is 1.91. The van der Waals surface area contributed by atoms with E-state index in [0.29, 0.717) is 18.2 Å². The fourth-order valence-electron chi connectivity index (χ4n) is 2.56. The molecule has 1 aromatic carbocycles. The molecular formula is C15H21ClN2O2. The Kier molecular flexibility index (Phi) is 4.89. The van der Waals surface area contributed by atoms with E-state index in [1.165, 1.54) is 12.1 Å². The highest BCUT2D eigenvalue weighted by Crippen LogP contribution is 2.25. The minimum absolute atomic E-state index is 0.00186. The molecule has 110 valence electrons. The van der Waals surface area contributed by atoms with Crippen molar-refractivity contribution < 1.29 is 9.90 Å².